The molecule has 0 spiro atoms. The first-order valence-corrected chi connectivity index (χ1v) is 11.0. The summed E-state index contributed by atoms with van der Waals surface area (Å²) in [6.45, 7) is 0.963. The summed E-state index contributed by atoms with van der Waals surface area (Å²) in [7, 11) is -1.38. The number of anilines is 1. The Morgan fingerprint density at radius 1 is 1.29 bits per heavy atom. The number of hydrogen-bond acceptors (Lipinski definition) is 7. The molecule has 150 valence electrons. The first kappa shape index (κ1) is 18.8. The third-order valence-corrected chi connectivity index (χ3v) is 6.67. The molecule has 4 rings (SSSR count). The van der Waals surface area contributed by atoms with Gasteiger partial charge in [0.15, 0.2) is 5.69 Å². The Kier molecular flexibility index (Phi) is 4.58. The van der Waals surface area contributed by atoms with Crippen LogP contribution in [0.25, 0.3) is 11.4 Å². The van der Waals surface area contributed by atoms with Gasteiger partial charge in [-0.25, -0.2) is 22.7 Å². The average Bonchev–Trinajstić information content (AvgIpc) is 2.99. The Labute approximate surface area is 163 Å². The van der Waals surface area contributed by atoms with Gasteiger partial charge in [-0.15, -0.1) is 0 Å². The van der Waals surface area contributed by atoms with Crippen LogP contribution in [0.15, 0.2) is 6.20 Å². The van der Waals surface area contributed by atoms with Gasteiger partial charge in [0.1, 0.15) is 0 Å². The fourth-order valence-electron chi connectivity index (χ4n) is 3.94. The zero-order valence-corrected chi connectivity index (χ0v) is 16.7. The Balaban J connectivity index is 1.57. The smallest absolute Gasteiger partial charge is 0.269 e. The van der Waals surface area contributed by atoms with Crippen molar-refractivity contribution in [3.8, 4) is 11.4 Å². The molecule has 0 saturated carbocycles. The topological polar surface area (TPSA) is 136 Å². The zero-order chi connectivity index (χ0) is 20.1. The fourth-order valence-corrected chi connectivity index (χ4v) is 4.81. The summed E-state index contributed by atoms with van der Waals surface area (Å²) in [5.74, 6) is -0.0448. The van der Waals surface area contributed by atoms with E-state index in [0.717, 1.165) is 28.9 Å². The number of nitrogens with one attached hydrogen (secondary N) is 1. The van der Waals surface area contributed by atoms with Crippen LogP contribution in [0.3, 0.4) is 0 Å². The van der Waals surface area contributed by atoms with E-state index in [1.807, 2.05) is 0 Å². The number of piperidine rings is 1. The van der Waals surface area contributed by atoms with Gasteiger partial charge in [-0.05, 0) is 31.2 Å². The number of carbonyl (C=O) groups excluding carboxylic acids is 1. The Hall–Kier alpha value is -2.53. The molecule has 1 aliphatic heterocycles. The second kappa shape index (κ2) is 6.82. The van der Waals surface area contributed by atoms with Crippen molar-refractivity contribution in [2.24, 2.45) is 12.8 Å². The minimum absolute atomic E-state index is 0.104. The van der Waals surface area contributed by atoms with E-state index in [4.69, 9.17) is 5.73 Å². The minimum Gasteiger partial charge on any atom is -0.364 e. The van der Waals surface area contributed by atoms with E-state index in [2.05, 4.69) is 20.4 Å². The molecule has 1 fully saturated rings. The Morgan fingerprint density at radius 2 is 2.00 bits per heavy atom. The average molecular weight is 405 g/mol. The lowest BCUT2D eigenvalue weighted by atomic mass is 9.93. The predicted molar refractivity (Wildman–Crippen MR) is 103 cm³/mol. The van der Waals surface area contributed by atoms with Crippen LogP contribution in [0, 0.1) is 0 Å². The second-order valence-corrected chi connectivity index (χ2v) is 9.29. The van der Waals surface area contributed by atoms with E-state index in [1.54, 1.807) is 17.9 Å². The quantitative estimate of drug-likeness (QED) is 0.725. The number of hydrogen-bond donors (Lipinski definition) is 2. The molecule has 1 saturated heterocycles. The van der Waals surface area contributed by atoms with Crippen molar-refractivity contribution in [2.75, 3.05) is 24.7 Å². The molecule has 2 aliphatic rings. The molecule has 10 nitrogen and oxygen atoms in total. The van der Waals surface area contributed by atoms with Gasteiger partial charge in [0.2, 0.25) is 16.0 Å². The van der Waals surface area contributed by atoms with Crippen molar-refractivity contribution < 1.29 is 13.2 Å². The molecule has 0 bridgehead atoms. The van der Waals surface area contributed by atoms with Crippen LogP contribution in [0.5, 0.6) is 0 Å². The molecule has 3 heterocycles. The SMILES string of the molecule is Cn1nc(C(N)=O)c2c1-c1nc(NC3CCN(S(C)(=O)=O)CC3)ncc1CC2. The van der Waals surface area contributed by atoms with Gasteiger partial charge < -0.3 is 11.1 Å². The van der Waals surface area contributed by atoms with Crippen LogP contribution in [0.1, 0.15) is 34.5 Å². The summed E-state index contributed by atoms with van der Waals surface area (Å²) in [6, 6.07) is 0.104. The van der Waals surface area contributed by atoms with Crippen LogP contribution in [0.4, 0.5) is 5.95 Å². The number of carbonyl (C=O) groups is 1. The van der Waals surface area contributed by atoms with Crippen LogP contribution in [-0.2, 0) is 29.9 Å². The number of primary amides is 1. The second-order valence-electron chi connectivity index (χ2n) is 7.31. The standard InChI is InChI=1S/C17H23N7O3S/c1-23-15-12(14(22-23)16(18)25)4-3-10-9-19-17(21-13(10)15)20-11-5-7-24(8-6-11)28(2,26)27/h9,11H,3-8H2,1-2H3,(H2,18,25)(H,19,20,21). The minimum atomic E-state index is -3.15. The number of aromatic nitrogens is 4. The summed E-state index contributed by atoms with van der Waals surface area (Å²) >= 11 is 0. The van der Waals surface area contributed by atoms with E-state index in [-0.39, 0.29) is 6.04 Å². The molecular formula is C17H23N7O3S. The van der Waals surface area contributed by atoms with Crippen molar-refractivity contribution in [3.63, 3.8) is 0 Å². The van der Waals surface area contributed by atoms with Crippen molar-refractivity contribution in [3.05, 3.63) is 23.0 Å². The number of nitrogens with two attached hydrogens (primary N) is 1. The Morgan fingerprint density at radius 3 is 2.64 bits per heavy atom. The van der Waals surface area contributed by atoms with E-state index in [0.29, 0.717) is 44.0 Å². The first-order valence-electron chi connectivity index (χ1n) is 9.17. The van der Waals surface area contributed by atoms with Crippen molar-refractivity contribution in [2.45, 2.75) is 31.7 Å². The summed E-state index contributed by atoms with van der Waals surface area (Å²) in [4.78, 5) is 20.8. The molecule has 0 aromatic carbocycles. The molecule has 1 aliphatic carbocycles. The molecule has 0 unspecified atom stereocenters. The summed E-state index contributed by atoms with van der Waals surface area (Å²) in [5.41, 5.74) is 9.14. The van der Waals surface area contributed by atoms with Crippen LogP contribution >= 0.6 is 0 Å². The van der Waals surface area contributed by atoms with Gasteiger partial charge in [-0.2, -0.15) is 5.10 Å². The lowest BCUT2D eigenvalue weighted by Gasteiger charge is -2.30. The van der Waals surface area contributed by atoms with Crippen molar-refractivity contribution in [1.82, 2.24) is 24.1 Å². The van der Waals surface area contributed by atoms with E-state index >= 15 is 0 Å². The third-order valence-electron chi connectivity index (χ3n) is 5.37. The highest BCUT2D eigenvalue weighted by Crippen LogP contribution is 2.34. The zero-order valence-electron chi connectivity index (χ0n) is 15.8. The Bertz CT molecular complexity index is 1040. The summed E-state index contributed by atoms with van der Waals surface area (Å²) < 4.78 is 26.4. The molecular weight excluding hydrogens is 382 g/mol. The van der Waals surface area contributed by atoms with E-state index in [9.17, 15) is 13.2 Å². The number of aryl methyl sites for hydroxylation is 2. The molecule has 28 heavy (non-hydrogen) atoms. The summed E-state index contributed by atoms with van der Waals surface area (Å²) in [5, 5.41) is 7.58. The van der Waals surface area contributed by atoms with E-state index < -0.39 is 15.9 Å². The van der Waals surface area contributed by atoms with Gasteiger partial charge >= 0.3 is 0 Å². The van der Waals surface area contributed by atoms with Gasteiger partial charge in [0, 0.05) is 37.9 Å². The maximum absolute atomic E-state index is 11.7. The molecule has 0 radical (unpaired) electrons. The third kappa shape index (κ3) is 3.35. The monoisotopic (exact) mass is 405 g/mol. The fraction of sp³-hybridized carbons (Fsp3) is 0.529. The molecule has 2 aromatic heterocycles. The lowest BCUT2D eigenvalue weighted by molar-refractivity contribution is 0.0994. The van der Waals surface area contributed by atoms with Crippen molar-refractivity contribution >= 4 is 21.9 Å². The summed E-state index contributed by atoms with van der Waals surface area (Å²) in [6.07, 6.45) is 5.82. The number of rotatable bonds is 4. The van der Waals surface area contributed by atoms with Crippen LogP contribution in [-0.4, -0.2) is 63.8 Å². The van der Waals surface area contributed by atoms with Gasteiger partial charge in [0.25, 0.3) is 5.91 Å². The molecule has 11 heteroatoms. The number of nitrogens with zero attached hydrogens (tertiary/aromatic N) is 5. The number of sulfonamides is 1. The maximum atomic E-state index is 11.7. The van der Waals surface area contributed by atoms with Crippen LogP contribution in [0.2, 0.25) is 0 Å². The molecule has 1 amide bonds. The first-order chi connectivity index (χ1) is 13.2. The highest BCUT2D eigenvalue weighted by atomic mass is 32.2. The van der Waals surface area contributed by atoms with Gasteiger partial charge in [0.05, 0.1) is 17.6 Å². The molecule has 2 aromatic rings. The van der Waals surface area contributed by atoms with Gasteiger partial charge in [-0.3, -0.25) is 9.48 Å². The number of fused-ring (bicyclic) bond motifs is 3. The molecule has 0 atom stereocenters. The van der Waals surface area contributed by atoms with Crippen LogP contribution < -0.4 is 11.1 Å². The molecule has 3 N–H and O–H groups in total. The normalized spacial score (nSPS) is 17.8. The number of amides is 1. The largest absolute Gasteiger partial charge is 0.364 e. The van der Waals surface area contributed by atoms with E-state index in [1.165, 1.54) is 10.6 Å². The predicted octanol–water partition coefficient (Wildman–Crippen LogP) is -0.0895. The maximum Gasteiger partial charge on any atom is 0.269 e. The lowest BCUT2D eigenvalue weighted by Crippen LogP contribution is -2.42. The van der Waals surface area contributed by atoms with Gasteiger partial charge in [-0.1, -0.05) is 0 Å². The van der Waals surface area contributed by atoms with Crippen molar-refractivity contribution in [1.29, 1.82) is 0 Å². The highest BCUT2D eigenvalue weighted by Gasteiger charge is 2.29. The highest BCUT2D eigenvalue weighted by molar-refractivity contribution is 7.88.